The molecule has 0 heterocycles. The summed E-state index contributed by atoms with van der Waals surface area (Å²) in [4.78, 5) is 0. The SMILES string of the molecule is COCC(CO)C1CCC(C2CCC(c3c(F)cc(-c4c(F)cc(CCCCP)cc4F)cc3F)CC2)CC1. The summed E-state index contributed by atoms with van der Waals surface area (Å²) in [6.45, 7) is 0.753. The number of rotatable bonds is 11. The van der Waals surface area contributed by atoms with E-state index in [0.717, 1.165) is 69.7 Å². The first-order valence-electron chi connectivity index (χ1n) is 14.6. The Bertz CT molecular complexity index is 1030. The van der Waals surface area contributed by atoms with Crippen LogP contribution in [0.5, 0.6) is 0 Å². The van der Waals surface area contributed by atoms with Crippen molar-refractivity contribution in [2.24, 2.45) is 23.7 Å². The van der Waals surface area contributed by atoms with E-state index in [1.165, 1.54) is 12.1 Å². The number of hydrogen-bond donors (Lipinski definition) is 1. The van der Waals surface area contributed by atoms with Gasteiger partial charge in [0.15, 0.2) is 0 Å². The lowest BCUT2D eigenvalue weighted by Crippen LogP contribution is -2.31. The Kier molecular flexibility index (Phi) is 11.3. The van der Waals surface area contributed by atoms with Crippen LogP contribution in [-0.2, 0) is 11.2 Å². The van der Waals surface area contributed by atoms with Crippen molar-refractivity contribution in [1.29, 1.82) is 0 Å². The van der Waals surface area contributed by atoms with E-state index in [0.29, 0.717) is 49.2 Å². The van der Waals surface area contributed by atoms with E-state index in [4.69, 9.17) is 4.74 Å². The Labute approximate surface area is 233 Å². The van der Waals surface area contributed by atoms with E-state index in [2.05, 4.69) is 9.24 Å². The molecule has 4 rings (SSSR count). The van der Waals surface area contributed by atoms with Crippen molar-refractivity contribution in [2.45, 2.75) is 76.5 Å². The van der Waals surface area contributed by atoms with E-state index in [1.807, 2.05) is 0 Å². The summed E-state index contributed by atoms with van der Waals surface area (Å²) < 4.78 is 65.6. The van der Waals surface area contributed by atoms with Crippen LogP contribution in [0, 0.1) is 46.9 Å². The predicted octanol–water partition coefficient (Wildman–Crippen LogP) is 8.44. The van der Waals surface area contributed by atoms with Gasteiger partial charge in [-0.1, -0.05) is 0 Å². The second kappa shape index (κ2) is 14.4. The zero-order valence-corrected chi connectivity index (χ0v) is 24.2. The molecule has 2 aliphatic carbocycles. The molecule has 0 spiro atoms. The molecule has 0 aliphatic heterocycles. The molecule has 7 heteroatoms. The second-order valence-corrected chi connectivity index (χ2v) is 12.3. The standard InChI is InChI=1S/C32H43F4O2P/c1-38-19-26(18-37)23-7-5-21(6-8-23)22-9-11-24(12-10-22)31-29(35)16-25(17-30(31)36)32-27(33)14-20(15-28(32)34)4-2-3-13-39/h14-17,21-24,26,37H,2-13,18-19,39H2,1H3. The van der Waals surface area contributed by atoms with Gasteiger partial charge in [-0.2, -0.15) is 0 Å². The van der Waals surface area contributed by atoms with Gasteiger partial charge in [-0.25, -0.2) is 17.6 Å². The Morgan fingerprint density at radius 2 is 1.38 bits per heavy atom. The molecule has 2 aromatic carbocycles. The molecule has 1 N–H and O–H groups in total. The maximum absolute atomic E-state index is 15.3. The highest BCUT2D eigenvalue weighted by atomic mass is 31.0. The highest BCUT2D eigenvalue weighted by Crippen LogP contribution is 2.46. The van der Waals surface area contributed by atoms with Crippen LogP contribution >= 0.6 is 9.24 Å². The third-order valence-electron chi connectivity index (χ3n) is 9.33. The lowest BCUT2D eigenvalue weighted by atomic mass is 9.67. The number of aryl methyl sites for hydroxylation is 1. The maximum Gasteiger partial charge on any atom is 0.134 e. The van der Waals surface area contributed by atoms with Gasteiger partial charge in [0.2, 0.25) is 0 Å². The first-order chi connectivity index (χ1) is 18.9. The fraction of sp³-hybridized carbons (Fsp3) is 0.625. The summed E-state index contributed by atoms with van der Waals surface area (Å²) in [5.74, 6) is -1.36. The van der Waals surface area contributed by atoms with E-state index in [9.17, 15) is 13.9 Å². The molecule has 0 amide bonds. The normalized spacial score (nSPS) is 24.6. The second-order valence-electron chi connectivity index (χ2n) is 11.7. The summed E-state index contributed by atoms with van der Waals surface area (Å²) in [7, 11) is 4.31. The van der Waals surface area contributed by atoms with Crippen molar-refractivity contribution in [3.63, 3.8) is 0 Å². The smallest absolute Gasteiger partial charge is 0.134 e. The number of unbranched alkanes of at least 4 members (excludes halogenated alkanes) is 1. The summed E-state index contributed by atoms with van der Waals surface area (Å²) in [6, 6.07) is 4.75. The molecule has 2 fully saturated rings. The molecule has 2 atom stereocenters. The number of aliphatic hydroxyl groups excluding tert-OH is 1. The first kappa shape index (κ1) is 30.5. The van der Waals surface area contributed by atoms with Gasteiger partial charge < -0.3 is 9.84 Å². The quantitative estimate of drug-likeness (QED) is 0.168. The zero-order valence-electron chi connectivity index (χ0n) is 23.0. The predicted molar refractivity (Wildman–Crippen MR) is 152 cm³/mol. The molecule has 2 saturated carbocycles. The Morgan fingerprint density at radius 3 is 1.90 bits per heavy atom. The monoisotopic (exact) mass is 566 g/mol. The van der Waals surface area contributed by atoms with Crippen LogP contribution in [-0.4, -0.2) is 31.6 Å². The van der Waals surface area contributed by atoms with Gasteiger partial charge in [-0.3, -0.25) is 0 Å². The van der Waals surface area contributed by atoms with Crippen LogP contribution in [0.3, 0.4) is 0 Å². The fourth-order valence-electron chi connectivity index (χ4n) is 7.16. The van der Waals surface area contributed by atoms with Gasteiger partial charge in [0.05, 0.1) is 12.2 Å². The van der Waals surface area contributed by atoms with Crippen molar-refractivity contribution >= 4 is 9.24 Å². The van der Waals surface area contributed by atoms with E-state index >= 15 is 8.78 Å². The van der Waals surface area contributed by atoms with Gasteiger partial charge in [0.1, 0.15) is 23.3 Å². The highest BCUT2D eigenvalue weighted by Gasteiger charge is 2.35. The third kappa shape index (κ3) is 7.43. The Hall–Kier alpha value is -1.49. The molecular weight excluding hydrogens is 523 g/mol. The number of ether oxygens (including phenoxy) is 1. The number of hydrogen-bond acceptors (Lipinski definition) is 2. The Morgan fingerprint density at radius 1 is 0.821 bits per heavy atom. The van der Waals surface area contributed by atoms with Crippen LogP contribution < -0.4 is 0 Å². The minimum atomic E-state index is -0.787. The molecule has 2 nitrogen and oxygen atoms in total. The van der Waals surface area contributed by atoms with Gasteiger partial charge >= 0.3 is 0 Å². The van der Waals surface area contributed by atoms with Crippen LogP contribution in [0.25, 0.3) is 11.1 Å². The molecule has 2 aromatic rings. The number of aliphatic hydroxyl groups is 1. The van der Waals surface area contributed by atoms with E-state index in [-0.39, 0.29) is 35.1 Å². The van der Waals surface area contributed by atoms with E-state index in [1.54, 1.807) is 7.11 Å². The van der Waals surface area contributed by atoms with Crippen molar-refractivity contribution in [3.05, 3.63) is 58.7 Å². The summed E-state index contributed by atoms with van der Waals surface area (Å²) in [6.07, 6.45) is 11.0. The van der Waals surface area contributed by atoms with Crippen LogP contribution in [0.1, 0.15) is 81.3 Å². The van der Waals surface area contributed by atoms with Crippen molar-refractivity contribution in [2.75, 3.05) is 26.5 Å². The lowest BCUT2D eigenvalue weighted by molar-refractivity contribution is 0.0468. The molecule has 0 bridgehead atoms. The number of benzene rings is 2. The average molecular weight is 567 g/mol. The number of halogens is 4. The Balaban J connectivity index is 1.39. The molecular formula is C32H43F4O2P. The summed E-state index contributed by atoms with van der Waals surface area (Å²) in [5, 5.41) is 9.68. The first-order valence-corrected chi connectivity index (χ1v) is 15.4. The molecule has 39 heavy (non-hydrogen) atoms. The van der Waals surface area contributed by atoms with Crippen LogP contribution in [0.2, 0.25) is 0 Å². The highest BCUT2D eigenvalue weighted by molar-refractivity contribution is 7.16. The van der Waals surface area contributed by atoms with Gasteiger partial charge in [-0.05, 0) is 136 Å². The molecule has 0 saturated heterocycles. The van der Waals surface area contributed by atoms with Gasteiger partial charge in [0.25, 0.3) is 0 Å². The van der Waals surface area contributed by atoms with Crippen molar-refractivity contribution < 1.29 is 27.4 Å². The molecule has 2 aliphatic rings. The van der Waals surface area contributed by atoms with E-state index < -0.39 is 23.3 Å². The van der Waals surface area contributed by atoms with Gasteiger partial charge in [-0.15, -0.1) is 9.24 Å². The van der Waals surface area contributed by atoms with Crippen molar-refractivity contribution in [1.82, 2.24) is 0 Å². The topological polar surface area (TPSA) is 29.5 Å². The molecule has 2 unspecified atom stereocenters. The summed E-state index contributed by atoms with van der Waals surface area (Å²) in [5.41, 5.74) is 0.141. The average Bonchev–Trinajstić information content (AvgIpc) is 2.92. The maximum atomic E-state index is 15.3. The molecule has 216 valence electrons. The fourth-order valence-corrected chi connectivity index (χ4v) is 7.45. The summed E-state index contributed by atoms with van der Waals surface area (Å²) >= 11 is 0. The lowest BCUT2D eigenvalue weighted by Gasteiger charge is -2.39. The molecule has 0 aromatic heterocycles. The largest absolute Gasteiger partial charge is 0.396 e. The molecule has 0 radical (unpaired) electrons. The minimum absolute atomic E-state index is 0.0566. The van der Waals surface area contributed by atoms with Gasteiger partial charge in [0, 0.05) is 25.2 Å². The van der Waals surface area contributed by atoms with Crippen molar-refractivity contribution in [3.8, 4) is 11.1 Å². The third-order valence-corrected chi connectivity index (χ3v) is 9.74. The van der Waals surface area contributed by atoms with Crippen LogP contribution in [0.15, 0.2) is 24.3 Å². The number of methoxy groups -OCH3 is 1. The minimum Gasteiger partial charge on any atom is -0.396 e. The zero-order chi connectivity index (χ0) is 27.9. The van der Waals surface area contributed by atoms with Crippen LogP contribution in [0.4, 0.5) is 17.6 Å².